The third kappa shape index (κ3) is 3.13. The van der Waals surface area contributed by atoms with Crippen LogP contribution in [0.5, 0.6) is 0 Å². The van der Waals surface area contributed by atoms with E-state index in [2.05, 4.69) is 28.5 Å². The zero-order valence-electron chi connectivity index (χ0n) is 12.3. The Morgan fingerprint density at radius 2 is 2.14 bits per heavy atom. The summed E-state index contributed by atoms with van der Waals surface area (Å²) in [7, 11) is 0. The number of aryl methyl sites for hydroxylation is 2. The summed E-state index contributed by atoms with van der Waals surface area (Å²) in [4.78, 5) is 16.7. The van der Waals surface area contributed by atoms with E-state index in [1.165, 1.54) is 11.1 Å². The largest absolute Gasteiger partial charge is 0.351 e. The lowest BCUT2D eigenvalue weighted by Gasteiger charge is -2.24. The third-order valence-electron chi connectivity index (χ3n) is 4.13. The Morgan fingerprint density at radius 1 is 1.29 bits per heavy atom. The van der Waals surface area contributed by atoms with Crippen molar-refractivity contribution in [3.05, 3.63) is 65.0 Å². The summed E-state index contributed by atoms with van der Waals surface area (Å²) in [6.45, 7) is 2.51. The lowest BCUT2D eigenvalue weighted by molar-refractivity contribution is -0.123. The van der Waals surface area contributed by atoms with E-state index >= 15 is 0 Å². The van der Waals surface area contributed by atoms with Crippen molar-refractivity contribution in [2.75, 3.05) is 0 Å². The summed E-state index contributed by atoms with van der Waals surface area (Å²) < 4.78 is 0. The van der Waals surface area contributed by atoms with Crippen LogP contribution >= 0.6 is 0 Å². The summed E-state index contributed by atoms with van der Waals surface area (Å²) >= 11 is 0. The number of carbonyl (C=O) groups excluding carboxylic acids is 1. The number of nitrogens with one attached hydrogen (secondary N) is 1. The highest BCUT2D eigenvalue weighted by molar-refractivity contribution is 5.84. The highest BCUT2D eigenvalue weighted by atomic mass is 16.1. The molecule has 0 bridgehead atoms. The van der Waals surface area contributed by atoms with Gasteiger partial charge in [0.25, 0.3) is 0 Å². The van der Waals surface area contributed by atoms with Gasteiger partial charge in [0.2, 0.25) is 5.91 Å². The van der Waals surface area contributed by atoms with Crippen molar-refractivity contribution in [3.63, 3.8) is 0 Å². The smallest absolute Gasteiger partial charge is 0.227 e. The monoisotopic (exact) mass is 280 g/mol. The minimum Gasteiger partial charge on any atom is -0.351 e. The number of carbonyl (C=O) groups is 1. The molecule has 0 saturated carbocycles. The molecule has 0 spiro atoms. The molecule has 1 unspecified atom stereocenters. The fraction of sp³-hybridized carbons (Fsp3) is 0.333. The van der Waals surface area contributed by atoms with Gasteiger partial charge in [0, 0.05) is 18.4 Å². The Hall–Kier alpha value is -2.16. The van der Waals surface area contributed by atoms with Gasteiger partial charge in [0.05, 0.1) is 5.92 Å². The number of pyridine rings is 1. The summed E-state index contributed by atoms with van der Waals surface area (Å²) in [6.07, 6.45) is 4.93. The molecule has 1 aromatic carbocycles. The first-order chi connectivity index (χ1) is 10.2. The average molecular weight is 280 g/mol. The molecule has 0 radical (unpaired) electrons. The highest BCUT2D eigenvalue weighted by Gasteiger charge is 2.25. The summed E-state index contributed by atoms with van der Waals surface area (Å²) in [6, 6.07) is 12.3. The third-order valence-corrected chi connectivity index (χ3v) is 4.13. The van der Waals surface area contributed by atoms with E-state index in [1.54, 1.807) is 0 Å². The Kier molecular flexibility index (Phi) is 4.00. The topological polar surface area (TPSA) is 42.0 Å². The molecule has 1 aliphatic carbocycles. The predicted molar refractivity (Wildman–Crippen MR) is 82.9 cm³/mol. The van der Waals surface area contributed by atoms with Gasteiger partial charge in [-0.15, -0.1) is 0 Å². The summed E-state index contributed by atoms with van der Waals surface area (Å²) in [5.41, 5.74) is 4.55. The van der Waals surface area contributed by atoms with Crippen molar-refractivity contribution in [2.45, 2.75) is 38.6 Å². The number of fused-ring (bicyclic) bond motifs is 1. The van der Waals surface area contributed by atoms with E-state index in [0.29, 0.717) is 6.54 Å². The molecule has 1 heterocycles. The molecule has 1 amide bonds. The van der Waals surface area contributed by atoms with Crippen LogP contribution in [-0.4, -0.2) is 10.9 Å². The lowest BCUT2D eigenvalue weighted by Crippen LogP contribution is -2.31. The normalized spacial score (nSPS) is 17.1. The van der Waals surface area contributed by atoms with Crippen molar-refractivity contribution < 1.29 is 4.79 Å². The fourth-order valence-corrected chi connectivity index (χ4v) is 2.94. The second-order valence-corrected chi connectivity index (χ2v) is 5.67. The molecule has 3 rings (SSSR count). The van der Waals surface area contributed by atoms with Gasteiger partial charge in [-0.3, -0.25) is 9.78 Å². The van der Waals surface area contributed by atoms with E-state index in [1.807, 2.05) is 31.3 Å². The molecule has 3 heteroatoms. The van der Waals surface area contributed by atoms with Gasteiger partial charge in [0.1, 0.15) is 0 Å². The van der Waals surface area contributed by atoms with Gasteiger partial charge in [-0.05, 0) is 48.9 Å². The van der Waals surface area contributed by atoms with Crippen LogP contribution in [0.1, 0.15) is 41.1 Å². The van der Waals surface area contributed by atoms with Crippen molar-refractivity contribution in [1.82, 2.24) is 10.3 Å². The van der Waals surface area contributed by atoms with Gasteiger partial charge in [0.15, 0.2) is 0 Å². The van der Waals surface area contributed by atoms with Crippen LogP contribution in [0.4, 0.5) is 0 Å². The molecule has 21 heavy (non-hydrogen) atoms. The van der Waals surface area contributed by atoms with Crippen molar-refractivity contribution in [3.8, 4) is 0 Å². The maximum atomic E-state index is 12.5. The molecular formula is C18H20N2O. The molecule has 1 aliphatic rings. The van der Waals surface area contributed by atoms with Crippen LogP contribution in [0.25, 0.3) is 0 Å². The first kappa shape index (κ1) is 13.8. The zero-order valence-corrected chi connectivity index (χ0v) is 12.3. The first-order valence-corrected chi connectivity index (χ1v) is 7.51. The van der Waals surface area contributed by atoms with Gasteiger partial charge < -0.3 is 5.32 Å². The minimum absolute atomic E-state index is 0.00615. The average Bonchev–Trinajstić information content (AvgIpc) is 2.53. The van der Waals surface area contributed by atoms with E-state index in [0.717, 1.165) is 30.5 Å². The SMILES string of the molecule is Cc1ccc(CNC(=O)C2CCCc3ccccc32)cn1. The van der Waals surface area contributed by atoms with Gasteiger partial charge in [-0.2, -0.15) is 0 Å². The van der Waals surface area contributed by atoms with Crippen LogP contribution in [0.2, 0.25) is 0 Å². The molecule has 0 saturated heterocycles. The molecule has 2 aromatic rings. The Morgan fingerprint density at radius 3 is 2.95 bits per heavy atom. The van der Waals surface area contributed by atoms with Crippen LogP contribution < -0.4 is 5.32 Å². The number of aromatic nitrogens is 1. The molecule has 1 N–H and O–H groups in total. The Balaban J connectivity index is 1.68. The number of benzene rings is 1. The van der Waals surface area contributed by atoms with Crippen LogP contribution in [0.15, 0.2) is 42.6 Å². The number of hydrogen-bond donors (Lipinski definition) is 1. The number of rotatable bonds is 3. The molecule has 0 aliphatic heterocycles. The van der Waals surface area contributed by atoms with Crippen molar-refractivity contribution in [2.24, 2.45) is 0 Å². The number of nitrogens with zero attached hydrogens (tertiary/aromatic N) is 1. The van der Waals surface area contributed by atoms with Gasteiger partial charge in [-0.1, -0.05) is 30.3 Å². The van der Waals surface area contributed by atoms with E-state index in [-0.39, 0.29) is 11.8 Å². The first-order valence-electron chi connectivity index (χ1n) is 7.51. The van der Waals surface area contributed by atoms with Gasteiger partial charge in [-0.25, -0.2) is 0 Å². The summed E-state index contributed by atoms with van der Waals surface area (Å²) in [5, 5.41) is 3.05. The van der Waals surface area contributed by atoms with E-state index in [9.17, 15) is 4.79 Å². The number of amides is 1. The van der Waals surface area contributed by atoms with Crippen molar-refractivity contribution in [1.29, 1.82) is 0 Å². The second kappa shape index (κ2) is 6.08. The highest BCUT2D eigenvalue weighted by Crippen LogP contribution is 2.31. The van der Waals surface area contributed by atoms with Crippen LogP contribution in [-0.2, 0) is 17.8 Å². The second-order valence-electron chi connectivity index (χ2n) is 5.67. The van der Waals surface area contributed by atoms with E-state index in [4.69, 9.17) is 0 Å². The van der Waals surface area contributed by atoms with Gasteiger partial charge >= 0.3 is 0 Å². The predicted octanol–water partition coefficient (Wildman–Crippen LogP) is 3.13. The molecule has 3 nitrogen and oxygen atoms in total. The Labute approximate surface area is 125 Å². The lowest BCUT2D eigenvalue weighted by atomic mass is 9.82. The standard InChI is InChI=1S/C18H20N2O/c1-13-9-10-14(11-19-13)12-20-18(21)17-8-4-6-15-5-2-3-7-16(15)17/h2-3,5,7,9-11,17H,4,6,8,12H2,1H3,(H,20,21). The maximum Gasteiger partial charge on any atom is 0.227 e. The van der Waals surface area contributed by atoms with Crippen molar-refractivity contribution >= 4 is 5.91 Å². The van der Waals surface area contributed by atoms with Crippen LogP contribution in [0, 0.1) is 6.92 Å². The molecule has 1 aromatic heterocycles. The summed E-state index contributed by atoms with van der Waals surface area (Å²) in [5.74, 6) is 0.121. The minimum atomic E-state index is -0.00615. The van der Waals surface area contributed by atoms with Crippen LogP contribution in [0.3, 0.4) is 0 Å². The zero-order chi connectivity index (χ0) is 14.7. The van der Waals surface area contributed by atoms with E-state index < -0.39 is 0 Å². The molecule has 0 fully saturated rings. The Bertz CT molecular complexity index is 634. The quantitative estimate of drug-likeness (QED) is 0.938. The molecular weight excluding hydrogens is 260 g/mol. The molecule has 1 atom stereocenters. The maximum absolute atomic E-state index is 12.5. The fourth-order valence-electron chi connectivity index (χ4n) is 2.94. The number of hydrogen-bond acceptors (Lipinski definition) is 2. The molecule has 108 valence electrons.